The number of nitrogens with one attached hydrogen (secondary N) is 1. The van der Waals surface area contributed by atoms with E-state index >= 15 is 0 Å². The molecule has 5 heteroatoms. The first-order valence-electron chi connectivity index (χ1n) is 9.32. The zero-order valence-electron chi connectivity index (χ0n) is 15.5. The third-order valence-corrected chi connectivity index (χ3v) is 5.09. The van der Waals surface area contributed by atoms with Crippen LogP contribution in [0.5, 0.6) is 0 Å². The molecule has 27 heavy (non-hydrogen) atoms. The average molecular weight is 364 g/mol. The van der Waals surface area contributed by atoms with Crippen molar-refractivity contribution in [1.29, 1.82) is 0 Å². The first-order valence-corrected chi connectivity index (χ1v) is 9.32. The summed E-state index contributed by atoms with van der Waals surface area (Å²) in [6, 6.07) is 16.0. The molecule has 0 fully saturated rings. The molecular formula is C22H24N2O3. The van der Waals surface area contributed by atoms with Gasteiger partial charge in [-0.15, -0.1) is 0 Å². The van der Waals surface area contributed by atoms with Crippen molar-refractivity contribution in [2.45, 2.75) is 45.1 Å². The van der Waals surface area contributed by atoms with E-state index in [-0.39, 0.29) is 17.5 Å². The van der Waals surface area contributed by atoms with E-state index in [0.29, 0.717) is 6.42 Å². The summed E-state index contributed by atoms with van der Waals surface area (Å²) in [7, 11) is 0. The van der Waals surface area contributed by atoms with Gasteiger partial charge >= 0.3 is 0 Å². The number of nitrogens with zero attached hydrogens (tertiary/aromatic N) is 1. The quantitative estimate of drug-likeness (QED) is 0.513. The Bertz CT molecular complexity index is 842. The lowest BCUT2D eigenvalue weighted by atomic mass is 9.87. The number of anilines is 1. The molecule has 0 bridgehead atoms. The van der Waals surface area contributed by atoms with Gasteiger partial charge in [-0.2, -0.15) is 0 Å². The van der Waals surface area contributed by atoms with E-state index in [2.05, 4.69) is 12.2 Å². The normalized spacial score (nSPS) is 15.3. The zero-order valence-corrected chi connectivity index (χ0v) is 15.5. The van der Waals surface area contributed by atoms with Crippen molar-refractivity contribution in [3.63, 3.8) is 0 Å². The van der Waals surface area contributed by atoms with Crippen molar-refractivity contribution >= 4 is 17.2 Å². The van der Waals surface area contributed by atoms with Crippen LogP contribution in [0.1, 0.15) is 50.6 Å². The third-order valence-electron chi connectivity index (χ3n) is 5.09. The number of carbonyl (C=O) groups is 1. The average Bonchev–Trinajstić information content (AvgIpc) is 2.69. The second-order valence-electron chi connectivity index (χ2n) is 7.00. The number of allylic oxidation sites excluding steroid dienone is 2. The molecule has 0 radical (unpaired) electrons. The predicted octanol–water partition coefficient (Wildman–Crippen LogP) is 5.60. The summed E-state index contributed by atoms with van der Waals surface area (Å²) >= 11 is 0. The number of ketones is 1. The maximum Gasteiger partial charge on any atom is 0.269 e. The highest BCUT2D eigenvalue weighted by Crippen LogP contribution is 2.30. The van der Waals surface area contributed by atoms with Crippen LogP contribution in [-0.2, 0) is 4.79 Å². The van der Waals surface area contributed by atoms with Gasteiger partial charge in [0.1, 0.15) is 0 Å². The fraction of sp³-hybridized carbons (Fsp3) is 0.318. The topological polar surface area (TPSA) is 72.2 Å². The van der Waals surface area contributed by atoms with Crippen molar-refractivity contribution in [2.75, 3.05) is 5.32 Å². The Morgan fingerprint density at radius 3 is 2.37 bits per heavy atom. The van der Waals surface area contributed by atoms with Gasteiger partial charge in [-0.1, -0.05) is 35.9 Å². The van der Waals surface area contributed by atoms with Gasteiger partial charge in [-0.25, -0.2) is 0 Å². The number of carbonyl (C=O) groups excluding carboxylic acids is 1. The Balaban J connectivity index is 1.81. The molecule has 0 saturated carbocycles. The molecule has 1 unspecified atom stereocenters. The van der Waals surface area contributed by atoms with Gasteiger partial charge in [0.05, 0.1) is 11.0 Å². The first kappa shape index (κ1) is 18.8. The lowest BCUT2D eigenvalue weighted by molar-refractivity contribution is -0.384. The summed E-state index contributed by atoms with van der Waals surface area (Å²) in [5, 5.41) is 14.2. The Hall–Kier alpha value is -2.95. The van der Waals surface area contributed by atoms with Gasteiger partial charge in [0.15, 0.2) is 5.78 Å². The van der Waals surface area contributed by atoms with Crippen LogP contribution in [0.25, 0.3) is 0 Å². The molecule has 140 valence electrons. The second kappa shape index (κ2) is 8.62. The molecule has 5 nitrogen and oxygen atoms in total. The Morgan fingerprint density at radius 1 is 1.07 bits per heavy atom. The van der Waals surface area contributed by atoms with E-state index in [1.807, 2.05) is 30.3 Å². The minimum absolute atomic E-state index is 0.0517. The first-order chi connectivity index (χ1) is 13.0. The highest BCUT2D eigenvalue weighted by atomic mass is 16.6. The van der Waals surface area contributed by atoms with E-state index in [0.717, 1.165) is 42.5 Å². The number of nitro benzene ring substituents is 1. The van der Waals surface area contributed by atoms with Crippen LogP contribution in [0.15, 0.2) is 65.7 Å². The lowest BCUT2D eigenvalue weighted by Gasteiger charge is -2.23. The van der Waals surface area contributed by atoms with Gasteiger partial charge in [0.25, 0.3) is 5.69 Å². The lowest BCUT2D eigenvalue weighted by Crippen LogP contribution is -2.18. The fourth-order valence-electron chi connectivity index (χ4n) is 3.56. The van der Waals surface area contributed by atoms with Crippen molar-refractivity contribution in [3.05, 3.63) is 81.4 Å². The molecule has 2 aromatic carbocycles. The summed E-state index contributed by atoms with van der Waals surface area (Å²) in [6.45, 7) is 2.06. The van der Waals surface area contributed by atoms with Gasteiger partial charge < -0.3 is 5.32 Å². The summed E-state index contributed by atoms with van der Waals surface area (Å²) in [6.07, 6.45) is 4.47. The molecule has 1 atom stereocenters. The van der Waals surface area contributed by atoms with Gasteiger partial charge in [-0.3, -0.25) is 14.9 Å². The number of benzene rings is 2. The Kier molecular flexibility index (Phi) is 6.01. The third kappa shape index (κ3) is 4.82. The van der Waals surface area contributed by atoms with Crippen LogP contribution in [0.3, 0.4) is 0 Å². The summed E-state index contributed by atoms with van der Waals surface area (Å²) < 4.78 is 0. The molecule has 0 heterocycles. The molecule has 1 N–H and O–H groups in total. The predicted molar refractivity (Wildman–Crippen MR) is 107 cm³/mol. The van der Waals surface area contributed by atoms with Crippen molar-refractivity contribution < 1.29 is 9.72 Å². The highest BCUT2D eigenvalue weighted by molar-refractivity contribution is 5.96. The molecule has 0 aromatic heterocycles. The van der Waals surface area contributed by atoms with E-state index in [4.69, 9.17) is 0 Å². The van der Waals surface area contributed by atoms with E-state index in [1.54, 1.807) is 12.1 Å². The molecule has 1 aliphatic rings. The number of non-ortho nitro benzene ring substituents is 1. The van der Waals surface area contributed by atoms with E-state index < -0.39 is 4.92 Å². The maximum atomic E-state index is 12.9. The van der Waals surface area contributed by atoms with Crippen LogP contribution in [0.2, 0.25) is 0 Å². The second-order valence-corrected chi connectivity index (χ2v) is 7.00. The molecule has 0 amide bonds. The van der Waals surface area contributed by atoms with Crippen LogP contribution in [0.4, 0.5) is 11.4 Å². The van der Waals surface area contributed by atoms with Gasteiger partial charge in [0.2, 0.25) is 0 Å². The molecule has 3 rings (SSSR count). The maximum absolute atomic E-state index is 12.9. The molecular weight excluding hydrogens is 340 g/mol. The molecule has 0 aliphatic heterocycles. The minimum Gasteiger partial charge on any atom is -0.378 e. The van der Waals surface area contributed by atoms with Crippen molar-refractivity contribution in [1.82, 2.24) is 0 Å². The number of Topliss-reactive ketones (excluding diaryl/α,β-unsaturated/α-hetero) is 1. The zero-order chi connectivity index (χ0) is 19.2. The van der Waals surface area contributed by atoms with Crippen molar-refractivity contribution in [3.8, 4) is 0 Å². The van der Waals surface area contributed by atoms with Crippen LogP contribution in [-0.4, -0.2) is 10.7 Å². The van der Waals surface area contributed by atoms with Gasteiger partial charge in [-0.05, 0) is 55.9 Å². The largest absolute Gasteiger partial charge is 0.378 e. The SMILES string of the molecule is CC1=C(C(=O)CC(Nc2ccc([N+](=O)[O-])cc2)c2ccccc2)CCCC1. The fourth-order valence-corrected chi connectivity index (χ4v) is 3.56. The number of nitro groups is 1. The van der Waals surface area contributed by atoms with Crippen LogP contribution in [0, 0.1) is 10.1 Å². The van der Waals surface area contributed by atoms with Crippen molar-refractivity contribution in [2.24, 2.45) is 0 Å². The Morgan fingerprint density at radius 2 is 1.74 bits per heavy atom. The molecule has 1 aliphatic carbocycles. The summed E-state index contributed by atoms with van der Waals surface area (Å²) in [4.78, 5) is 23.4. The monoisotopic (exact) mass is 364 g/mol. The highest BCUT2D eigenvalue weighted by Gasteiger charge is 2.22. The smallest absolute Gasteiger partial charge is 0.269 e. The van der Waals surface area contributed by atoms with Crippen LogP contribution >= 0.6 is 0 Å². The molecule has 0 saturated heterocycles. The van der Waals surface area contributed by atoms with E-state index in [9.17, 15) is 14.9 Å². The number of hydrogen-bond acceptors (Lipinski definition) is 4. The standard InChI is InChI=1S/C22H24N2O3/c1-16-7-5-6-10-20(16)22(25)15-21(17-8-3-2-4-9-17)23-18-11-13-19(14-12-18)24(26)27/h2-4,8-9,11-14,21,23H,5-7,10,15H2,1H3. The summed E-state index contributed by atoms with van der Waals surface area (Å²) in [5.41, 5.74) is 4.03. The molecule has 2 aromatic rings. The Labute approximate surface area is 159 Å². The van der Waals surface area contributed by atoms with E-state index in [1.165, 1.54) is 17.7 Å². The van der Waals surface area contributed by atoms with Gasteiger partial charge in [0, 0.05) is 24.2 Å². The molecule has 0 spiro atoms. The number of rotatable bonds is 7. The number of hydrogen-bond donors (Lipinski definition) is 1. The summed E-state index contributed by atoms with van der Waals surface area (Å²) in [5.74, 6) is 0.190. The minimum atomic E-state index is -0.416. The van der Waals surface area contributed by atoms with Crippen LogP contribution < -0.4 is 5.32 Å².